The van der Waals surface area contributed by atoms with Gasteiger partial charge in [-0.15, -0.1) is 0 Å². The second-order valence-electron chi connectivity index (χ2n) is 10.3. The molecule has 1 atom stereocenters. The number of benzene rings is 2. The third-order valence-electron chi connectivity index (χ3n) is 4.83. The molecule has 0 aliphatic heterocycles. The Bertz CT molecular complexity index is 1140. The van der Waals surface area contributed by atoms with Crippen molar-refractivity contribution in [3.05, 3.63) is 65.5 Å². The van der Waals surface area contributed by atoms with Gasteiger partial charge in [0.1, 0.15) is 17.5 Å². The minimum Gasteiger partial charge on any atom is -0.465 e. The number of para-hydroxylation sites is 1. The van der Waals surface area contributed by atoms with E-state index in [0.29, 0.717) is 0 Å². The summed E-state index contributed by atoms with van der Waals surface area (Å²) in [5, 5.41) is 5.36. The van der Waals surface area contributed by atoms with E-state index in [1.165, 1.54) is 31.4 Å². The second kappa shape index (κ2) is 11.9. The van der Waals surface area contributed by atoms with Crippen molar-refractivity contribution in [2.24, 2.45) is 0 Å². The number of carbonyl (C=O) groups excluding carboxylic acids is 4. The fourth-order valence-electron chi connectivity index (χ4n) is 3.36. The number of halogens is 1. The summed E-state index contributed by atoms with van der Waals surface area (Å²) in [5.74, 6) is -2.58. The molecule has 0 aliphatic rings. The predicted octanol–water partition coefficient (Wildman–Crippen LogP) is 4.07. The van der Waals surface area contributed by atoms with Crippen molar-refractivity contribution in [1.29, 1.82) is 0 Å². The van der Waals surface area contributed by atoms with Crippen LogP contribution in [-0.2, 0) is 14.3 Å². The van der Waals surface area contributed by atoms with Gasteiger partial charge >= 0.3 is 12.1 Å². The minimum atomic E-state index is -1.32. The first kappa shape index (κ1) is 29.3. The number of rotatable bonds is 7. The molecule has 0 saturated heterocycles. The highest BCUT2D eigenvalue weighted by molar-refractivity contribution is 6.13. The lowest BCUT2D eigenvalue weighted by Crippen LogP contribution is -2.58. The van der Waals surface area contributed by atoms with Gasteiger partial charge in [0.25, 0.3) is 5.91 Å². The third kappa shape index (κ3) is 8.59. The molecule has 37 heavy (non-hydrogen) atoms. The van der Waals surface area contributed by atoms with E-state index in [0.717, 1.165) is 17.0 Å². The number of alkyl carbamates (subject to hydrolysis) is 1. The Morgan fingerprint density at radius 1 is 0.946 bits per heavy atom. The van der Waals surface area contributed by atoms with Crippen LogP contribution in [0, 0.1) is 5.82 Å². The zero-order chi connectivity index (χ0) is 28.0. The molecule has 2 rings (SSSR count). The number of anilines is 1. The lowest BCUT2D eigenvalue weighted by atomic mass is 10.0. The zero-order valence-corrected chi connectivity index (χ0v) is 22.2. The lowest BCUT2D eigenvalue weighted by molar-refractivity contribution is -0.123. The normalized spacial score (nSPS) is 12.2. The number of esters is 1. The monoisotopic (exact) mass is 515 g/mol. The van der Waals surface area contributed by atoms with Gasteiger partial charge in [0, 0.05) is 11.1 Å². The maximum absolute atomic E-state index is 13.8. The van der Waals surface area contributed by atoms with E-state index < -0.39 is 46.9 Å². The van der Waals surface area contributed by atoms with E-state index in [2.05, 4.69) is 10.6 Å². The molecule has 10 heteroatoms. The largest absolute Gasteiger partial charge is 0.465 e. The van der Waals surface area contributed by atoms with Gasteiger partial charge in [-0.2, -0.15) is 0 Å². The molecule has 2 aromatic carbocycles. The molecule has 3 amide bonds. The fraction of sp³-hybridized carbons (Fsp3) is 0.407. The smallest absolute Gasteiger partial charge is 0.407 e. The average Bonchev–Trinajstić information content (AvgIpc) is 2.79. The van der Waals surface area contributed by atoms with E-state index in [1.54, 1.807) is 53.7 Å². The Kier molecular flexibility index (Phi) is 9.38. The van der Waals surface area contributed by atoms with E-state index in [1.807, 2.05) is 0 Å². The fourth-order valence-corrected chi connectivity index (χ4v) is 3.36. The predicted molar refractivity (Wildman–Crippen MR) is 137 cm³/mol. The molecule has 0 heterocycles. The Morgan fingerprint density at radius 3 is 2.08 bits per heavy atom. The molecular formula is C27H34FN3O6. The summed E-state index contributed by atoms with van der Waals surface area (Å²) in [7, 11) is 1.19. The van der Waals surface area contributed by atoms with Crippen molar-refractivity contribution in [3.8, 4) is 0 Å². The van der Waals surface area contributed by atoms with Crippen LogP contribution in [-0.4, -0.2) is 54.7 Å². The summed E-state index contributed by atoms with van der Waals surface area (Å²) in [6, 6.07) is 9.55. The van der Waals surface area contributed by atoms with Gasteiger partial charge in [-0.1, -0.05) is 12.1 Å². The molecule has 0 bridgehead atoms. The van der Waals surface area contributed by atoms with Gasteiger partial charge in [-0.05, 0) is 77.9 Å². The summed E-state index contributed by atoms with van der Waals surface area (Å²) in [6.07, 6.45) is -0.795. The first-order valence-corrected chi connectivity index (χ1v) is 11.7. The van der Waals surface area contributed by atoms with Crippen molar-refractivity contribution in [2.45, 2.75) is 58.7 Å². The van der Waals surface area contributed by atoms with Crippen LogP contribution in [0.4, 0.5) is 14.9 Å². The summed E-state index contributed by atoms with van der Waals surface area (Å²) >= 11 is 0. The number of nitrogens with zero attached hydrogens (tertiary/aromatic N) is 1. The number of ether oxygens (including phenoxy) is 2. The minimum absolute atomic E-state index is 0.0197. The maximum atomic E-state index is 13.8. The topological polar surface area (TPSA) is 114 Å². The van der Waals surface area contributed by atoms with Crippen molar-refractivity contribution >= 4 is 29.6 Å². The molecule has 0 radical (unpaired) electrons. The average molecular weight is 516 g/mol. The quantitative estimate of drug-likeness (QED) is 0.538. The number of carbonyl (C=O) groups is 4. The van der Waals surface area contributed by atoms with Gasteiger partial charge in [0.05, 0.1) is 24.9 Å². The van der Waals surface area contributed by atoms with E-state index in [-0.39, 0.29) is 23.4 Å². The maximum Gasteiger partial charge on any atom is 0.407 e. The summed E-state index contributed by atoms with van der Waals surface area (Å²) < 4.78 is 23.8. The Labute approximate surface area is 216 Å². The number of methoxy groups -OCH3 is 1. The van der Waals surface area contributed by atoms with Crippen LogP contribution in [0.15, 0.2) is 48.5 Å². The molecule has 0 aromatic heterocycles. The highest BCUT2D eigenvalue weighted by atomic mass is 19.1. The van der Waals surface area contributed by atoms with Gasteiger partial charge in [-0.25, -0.2) is 14.0 Å². The number of hydrogen-bond donors (Lipinski definition) is 2. The molecule has 200 valence electrons. The molecule has 9 nitrogen and oxygen atoms in total. The van der Waals surface area contributed by atoms with Gasteiger partial charge in [-0.3, -0.25) is 14.5 Å². The Hall–Kier alpha value is -3.95. The van der Waals surface area contributed by atoms with Crippen LogP contribution >= 0.6 is 0 Å². The second-order valence-corrected chi connectivity index (χ2v) is 10.3. The summed E-state index contributed by atoms with van der Waals surface area (Å²) in [6.45, 7) is 10.0. The van der Waals surface area contributed by atoms with Gasteiger partial charge < -0.3 is 20.1 Å². The standard InChI is InChI=1S/C27H34FN3O6/c1-26(2,3)30-22(32)21(16-29-25(35)37-27(4,5)6)31(23(33)17-12-14-18(28)15-13-17)20-11-9-8-10-19(20)24(34)36-7/h8-15,21H,16H2,1-7H3,(H,29,35)(H,30,32). The van der Waals surface area contributed by atoms with Crippen molar-refractivity contribution in [1.82, 2.24) is 10.6 Å². The number of hydrogen-bond acceptors (Lipinski definition) is 6. The van der Waals surface area contributed by atoms with Gasteiger partial charge in [0.15, 0.2) is 0 Å². The first-order chi connectivity index (χ1) is 17.1. The molecule has 2 N–H and O–H groups in total. The third-order valence-corrected chi connectivity index (χ3v) is 4.83. The molecule has 0 fully saturated rings. The molecule has 0 aliphatic carbocycles. The van der Waals surface area contributed by atoms with E-state index in [4.69, 9.17) is 9.47 Å². The molecule has 1 unspecified atom stereocenters. The van der Waals surface area contributed by atoms with Crippen LogP contribution in [0.3, 0.4) is 0 Å². The van der Waals surface area contributed by atoms with Crippen LogP contribution in [0.5, 0.6) is 0 Å². The van der Waals surface area contributed by atoms with Crippen LogP contribution in [0.25, 0.3) is 0 Å². The highest BCUT2D eigenvalue weighted by Crippen LogP contribution is 2.26. The first-order valence-electron chi connectivity index (χ1n) is 11.7. The molecular weight excluding hydrogens is 481 g/mol. The van der Waals surface area contributed by atoms with Crippen LogP contribution < -0.4 is 15.5 Å². The Morgan fingerprint density at radius 2 is 1.54 bits per heavy atom. The summed E-state index contributed by atoms with van der Waals surface area (Å²) in [5.41, 5.74) is -1.33. The van der Waals surface area contributed by atoms with Gasteiger partial charge in [0.2, 0.25) is 5.91 Å². The zero-order valence-electron chi connectivity index (χ0n) is 22.2. The van der Waals surface area contributed by atoms with E-state index in [9.17, 15) is 23.6 Å². The van der Waals surface area contributed by atoms with Crippen molar-refractivity contribution < 1.29 is 33.0 Å². The van der Waals surface area contributed by atoms with Crippen LogP contribution in [0.1, 0.15) is 62.3 Å². The Balaban J connectivity index is 2.66. The summed E-state index contributed by atoms with van der Waals surface area (Å²) in [4.78, 5) is 53.5. The number of nitrogens with one attached hydrogen (secondary N) is 2. The molecule has 2 aromatic rings. The van der Waals surface area contributed by atoms with Crippen LogP contribution in [0.2, 0.25) is 0 Å². The SMILES string of the molecule is COC(=O)c1ccccc1N(C(=O)c1ccc(F)cc1)C(CNC(=O)OC(C)(C)C)C(=O)NC(C)(C)C. The molecule has 0 spiro atoms. The van der Waals surface area contributed by atoms with Crippen molar-refractivity contribution in [3.63, 3.8) is 0 Å². The lowest BCUT2D eigenvalue weighted by Gasteiger charge is -2.34. The van der Waals surface area contributed by atoms with Crippen molar-refractivity contribution in [2.75, 3.05) is 18.6 Å². The molecule has 0 saturated carbocycles. The van der Waals surface area contributed by atoms with E-state index >= 15 is 0 Å². The highest BCUT2D eigenvalue weighted by Gasteiger charge is 2.36. The number of amides is 3.